The quantitative estimate of drug-likeness (QED) is 0.909. The molecule has 0 saturated carbocycles. The molecule has 0 aromatic carbocycles. The number of nitrogens with zero attached hydrogens (tertiary/aromatic N) is 2. The van der Waals surface area contributed by atoms with Gasteiger partial charge in [0.25, 0.3) is 0 Å². The summed E-state index contributed by atoms with van der Waals surface area (Å²) in [5.74, 6) is 0.690. The van der Waals surface area contributed by atoms with Crippen LogP contribution in [0.2, 0.25) is 0 Å². The van der Waals surface area contributed by atoms with Gasteiger partial charge in [-0.15, -0.1) is 11.3 Å². The third-order valence-corrected chi connectivity index (χ3v) is 5.09. The zero-order valence-corrected chi connectivity index (χ0v) is 12.8. The lowest BCUT2D eigenvalue weighted by molar-refractivity contribution is 0.0324. The van der Waals surface area contributed by atoms with Crippen molar-refractivity contribution in [3.63, 3.8) is 0 Å². The molecule has 0 bridgehead atoms. The molecule has 2 heterocycles. The Morgan fingerprint density at radius 1 is 1.61 bits per heavy atom. The van der Waals surface area contributed by atoms with E-state index in [1.54, 1.807) is 11.3 Å². The first-order valence-corrected chi connectivity index (χ1v) is 7.79. The monoisotopic (exact) mass is 267 g/mol. The minimum Gasteiger partial charge on any atom is -0.311 e. The van der Waals surface area contributed by atoms with Gasteiger partial charge in [-0.1, -0.05) is 20.8 Å². The third-order valence-electron chi connectivity index (χ3n) is 4.32. The van der Waals surface area contributed by atoms with Crippen LogP contribution in [0, 0.1) is 5.92 Å². The Bertz CT molecular complexity index is 363. The van der Waals surface area contributed by atoms with Gasteiger partial charge in [0.2, 0.25) is 0 Å². The summed E-state index contributed by atoms with van der Waals surface area (Å²) in [6, 6.07) is 0.609. The van der Waals surface area contributed by atoms with Crippen LogP contribution in [0.4, 0.5) is 0 Å². The van der Waals surface area contributed by atoms with Crippen molar-refractivity contribution in [1.82, 2.24) is 15.2 Å². The van der Waals surface area contributed by atoms with E-state index in [1.807, 2.05) is 11.7 Å². The standard InChI is InChI=1S/C14H25N3S/c1-5-14(4)9-16-13(11(2)3)8-17(14)7-12-6-15-10-18-12/h6,10-11,13,16H,5,7-9H2,1-4H3. The molecule has 0 radical (unpaired) electrons. The maximum absolute atomic E-state index is 4.19. The average molecular weight is 267 g/mol. The number of rotatable bonds is 4. The molecule has 2 unspecified atom stereocenters. The van der Waals surface area contributed by atoms with Crippen LogP contribution in [0.5, 0.6) is 0 Å². The molecule has 1 N–H and O–H groups in total. The Balaban J connectivity index is 2.10. The van der Waals surface area contributed by atoms with Gasteiger partial charge in [-0.05, 0) is 19.3 Å². The van der Waals surface area contributed by atoms with E-state index in [0.717, 1.165) is 19.6 Å². The highest BCUT2D eigenvalue weighted by Gasteiger charge is 2.37. The summed E-state index contributed by atoms with van der Waals surface area (Å²) in [6.45, 7) is 12.5. The number of hydrogen-bond acceptors (Lipinski definition) is 4. The van der Waals surface area contributed by atoms with Crippen molar-refractivity contribution in [2.45, 2.75) is 52.2 Å². The maximum atomic E-state index is 4.19. The number of thiazole rings is 1. The van der Waals surface area contributed by atoms with Crippen LogP contribution in [0.1, 0.15) is 39.0 Å². The molecule has 1 aromatic rings. The first-order chi connectivity index (χ1) is 8.55. The Labute approximate surface area is 115 Å². The third kappa shape index (κ3) is 2.92. The molecule has 1 fully saturated rings. The van der Waals surface area contributed by atoms with Gasteiger partial charge >= 0.3 is 0 Å². The molecule has 4 heteroatoms. The fourth-order valence-electron chi connectivity index (χ4n) is 2.54. The van der Waals surface area contributed by atoms with Crippen LogP contribution >= 0.6 is 11.3 Å². The molecule has 0 spiro atoms. The van der Waals surface area contributed by atoms with E-state index in [9.17, 15) is 0 Å². The molecule has 1 aromatic heterocycles. The summed E-state index contributed by atoms with van der Waals surface area (Å²) in [4.78, 5) is 8.21. The predicted molar refractivity (Wildman–Crippen MR) is 77.8 cm³/mol. The van der Waals surface area contributed by atoms with Gasteiger partial charge in [-0.3, -0.25) is 9.88 Å². The highest BCUT2D eigenvalue weighted by atomic mass is 32.1. The van der Waals surface area contributed by atoms with E-state index < -0.39 is 0 Å². The van der Waals surface area contributed by atoms with Gasteiger partial charge < -0.3 is 5.32 Å². The van der Waals surface area contributed by atoms with E-state index in [-0.39, 0.29) is 5.54 Å². The zero-order chi connectivity index (χ0) is 13.2. The normalized spacial score (nSPS) is 29.9. The van der Waals surface area contributed by atoms with Crippen LogP contribution in [0.25, 0.3) is 0 Å². The van der Waals surface area contributed by atoms with Crippen molar-refractivity contribution in [2.24, 2.45) is 5.92 Å². The molecule has 0 amide bonds. The Hall–Kier alpha value is -0.450. The van der Waals surface area contributed by atoms with Crippen LogP contribution in [0.3, 0.4) is 0 Å². The largest absolute Gasteiger partial charge is 0.311 e. The second kappa shape index (κ2) is 5.68. The minimum absolute atomic E-state index is 0.273. The fraction of sp³-hybridized carbons (Fsp3) is 0.786. The Kier molecular flexibility index (Phi) is 4.41. The van der Waals surface area contributed by atoms with Gasteiger partial charge in [0, 0.05) is 42.3 Å². The van der Waals surface area contributed by atoms with Crippen molar-refractivity contribution in [3.05, 3.63) is 16.6 Å². The topological polar surface area (TPSA) is 28.2 Å². The zero-order valence-electron chi connectivity index (χ0n) is 11.9. The van der Waals surface area contributed by atoms with Gasteiger partial charge in [0.15, 0.2) is 0 Å². The number of nitrogens with one attached hydrogen (secondary N) is 1. The number of piperazine rings is 1. The van der Waals surface area contributed by atoms with E-state index in [0.29, 0.717) is 12.0 Å². The molecule has 3 nitrogen and oxygen atoms in total. The SMILES string of the molecule is CCC1(C)CNC(C(C)C)CN1Cc1cncs1. The molecule has 102 valence electrons. The smallest absolute Gasteiger partial charge is 0.0794 e. The van der Waals surface area contributed by atoms with Gasteiger partial charge in [0.05, 0.1) is 5.51 Å². The molecular weight excluding hydrogens is 242 g/mol. The molecule has 1 saturated heterocycles. The highest BCUT2D eigenvalue weighted by Crippen LogP contribution is 2.27. The van der Waals surface area contributed by atoms with Gasteiger partial charge in [0.1, 0.15) is 0 Å². The van der Waals surface area contributed by atoms with Crippen LogP contribution in [-0.4, -0.2) is 34.6 Å². The second-order valence-corrected chi connectivity index (χ2v) is 6.90. The maximum Gasteiger partial charge on any atom is 0.0794 e. The van der Waals surface area contributed by atoms with Crippen LogP contribution in [0.15, 0.2) is 11.7 Å². The van der Waals surface area contributed by atoms with Crippen LogP contribution < -0.4 is 5.32 Å². The van der Waals surface area contributed by atoms with E-state index in [4.69, 9.17) is 0 Å². The summed E-state index contributed by atoms with van der Waals surface area (Å²) < 4.78 is 0. The van der Waals surface area contributed by atoms with E-state index >= 15 is 0 Å². The molecule has 1 aliphatic heterocycles. The fourth-order valence-corrected chi connectivity index (χ4v) is 3.15. The molecule has 2 atom stereocenters. The lowest BCUT2D eigenvalue weighted by Crippen LogP contribution is -2.63. The Morgan fingerprint density at radius 2 is 2.39 bits per heavy atom. The lowest BCUT2D eigenvalue weighted by atomic mass is 9.89. The number of hydrogen-bond donors (Lipinski definition) is 1. The lowest BCUT2D eigenvalue weighted by Gasteiger charge is -2.48. The van der Waals surface area contributed by atoms with Crippen molar-refractivity contribution in [1.29, 1.82) is 0 Å². The average Bonchev–Trinajstić information content (AvgIpc) is 2.84. The van der Waals surface area contributed by atoms with Crippen molar-refractivity contribution >= 4 is 11.3 Å². The summed E-state index contributed by atoms with van der Waals surface area (Å²) in [5, 5.41) is 3.72. The van der Waals surface area contributed by atoms with Crippen molar-refractivity contribution < 1.29 is 0 Å². The van der Waals surface area contributed by atoms with Gasteiger partial charge in [-0.2, -0.15) is 0 Å². The summed E-state index contributed by atoms with van der Waals surface area (Å²) in [7, 11) is 0. The molecule has 1 aliphatic rings. The Morgan fingerprint density at radius 3 is 2.94 bits per heavy atom. The predicted octanol–water partition coefficient (Wildman–Crippen LogP) is 2.74. The van der Waals surface area contributed by atoms with Gasteiger partial charge in [-0.25, -0.2) is 0 Å². The summed E-state index contributed by atoms with van der Waals surface area (Å²) in [6.07, 6.45) is 3.19. The summed E-state index contributed by atoms with van der Waals surface area (Å²) >= 11 is 1.76. The van der Waals surface area contributed by atoms with E-state index in [2.05, 4.69) is 42.9 Å². The first-order valence-electron chi connectivity index (χ1n) is 6.91. The molecule has 2 rings (SSSR count). The van der Waals surface area contributed by atoms with Crippen LogP contribution in [-0.2, 0) is 6.54 Å². The second-order valence-electron chi connectivity index (χ2n) is 5.93. The van der Waals surface area contributed by atoms with Crippen molar-refractivity contribution in [3.8, 4) is 0 Å². The first kappa shape index (κ1) is 14.0. The summed E-state index contributed by atoms with van der Waals surface area (Å²) in [5.41, 5.74) is 2.20. The molecule has 0 aliphatic carbocycles. The number of aromatic nitrogens is 1. The van der Waals surface area contributed by atoms with Crippen molar-refractivity contribution in [2.75, 3.05) is 13.1 Å². The highest BCUT2D eigenvalue weighted by molar-refractivity contribution is 7.09. The van der Waals surface area contributed by atoms with E-state index in [1.165, 1.54) is 11.3 Å². The molecular formula is C14H25N3S. The minimum atomic E-state index is 0.273. The molecule has 18 heavy (non-hydrogen) atoms.